The van der Waals surface area contributed by atoms with Crippen molar-refractivity contribution < 1.29 is 0 Å². The van der Waals surface area contributed by atoms with Crippen LogP contribution in [0, 0.1) is 10.8 Å². The summed E-state index contributed by atoms with van der Waals surface area (Å²) in [4.78, 5) is 0. The smallest absolute Gasteiger partial charge is 0.00617 e. The first-order chi connectivity index (χ1) is 5.87. The zero-order chi connectivity index (χ0) is 8.07. The highest BCUT2D eigenvalue weighted by atomic mass is 14.6. The molecule has 0 heterocycles. The van der Waals surface area contributed by atoms with Crippen molar-refractivity contribution >= 4 is 0 Å². The van der Waals surface area contributed by atoms with Gasteiger partial charge in [0.25, 0.3) is 0 Å². The molecule has 2 saturated carbocycles. The minimum absolute atomic E-state index is 0.700. The topological polar surface area (TPSA) is 0 Å². The van der Waals surface area contributed by atoms with Crippen LogP contribution in [0.15, 0.2) is 12.2 Å². The van der Waals surface area contributed by atoms with E-state index in [0.29, 0.717) is 5.41 Å². The van der Waals surface area contributed by atoms with Crippen molar-refractivity contribution in [1.29, 1.82) is 0 Å². The molecule has 0 aromatic rings. The molecular weight excluding hydrogens is 144 g/mol. The minimum atomic E-state index is 0.700. The molecule has 0 saturated heterocycles. The Hall–Kier alpha value is -0.260. The molecule has 0 aromatic heterocycles. The van der Waals surface area contributed by atoms with Gasteiger partial charge in [0.2, 0.25) is 0 Å². The van der Waals surface area contributed by atoms with Gasteiger partial charge in [-0.05, 0) is 49.4 Å². The molecule has 0 bridgehead atoms. The summed E-state index contributed by atoms with van der Waals surface area (Å²) in [5, 5.41) is 0. The first-order valence-corrected chi connectivity index (χ1v) is 5.55. The van der Waals surface area contributed by atoms with Gasteiger partial charge in [0.15, 0.2) is 0 Å². The van der Waals surface area contributed by atoms with E-state index < -0.39 is 0 Å². The number of allylic oxidation sites excluding steroid dienone is 2. The van der Waals surface area contributed by atoms with Crippen LogP contribution in [0.2, 0.25) is 0 Å². The van der Waals surface area contributed by atoms with Gasteiger partial charge in [0.1, 0.15) is 0 Å². The van der Waals surface area contributed by atoms with Crippen LogP contribution in [0.1, 0.15) is 51.4 Å². The van der Waals surface area contributed by atoms with Crippen molar-refractivity contribution in [2.45, 2.75) is 51.4 Å². The standard InChI is InChI=1S/C12H18/c1-2-6-12-9-3-7-11(12,5-1)8-4-10-12/h1,5H,2-4,6-10H2. The Morgan fingerprint density at radius 3 is 2.25 bits per heavy atom. The average Bonchev–Trinajstić information content (AvgIpc) is 2.57. The Kier molecular flexibility index (Phi) is 1.29. The fourth-order valence-corrected chi connectivity index (χ4v) is 4.27. The Morgan fingerprint density at radius 1 is 0.833 bits per heavy atom. The summed E-state index contributed by atoms with van der Waals surface area (Å²) in [5.74, 6) is 0. The van der Waals surface area contributed by atoms with E-state index in [1.54, 1.807) is 0 Å². The molecule has 12 heavy (non-hydrogen) atoms. The van der Waals surface area contributed by atoms with Gasteiger partial charge in [-0.15, -0.1) is 0 Å². The first kappa shape index (κ1) is 7.17. The molecule has 3 aliphatic carbocycles. The van der Waals surface area contributed by atoms with Crippen LogP contribution in [0.3, 0.4) is 0 Å². The number of hydrogen-bond acceptors (Lipinski definition) is 0. The molecule has 66 valence electrons. The zero-order valence-electron chi connectivity index (χ0n) is 7.81. The summed E-state index contributed by atoms with van der Waals surface area (Å²) in [6.45, 7) is 0. The van der Waals surface area contributed by atoms with Crippen molar-refractivity contribution in [3.05, 3.63) is 12.2 Å². The molecule has 2 fully saturated rings. The van der Waals surface area contributed by atoms with Crippen LogP contribution in [0.4, 0.5) is 0 Å². The quantitative estimate of drug-likeness (QED) is 0.477. The summed E-state index contributed by atoms with van der Waals surface area (Å²) in [6, 6.07) is 0. The van der Waals surface area contributed by atoms with Gasteiger partial charge in [-0.1, -0.05) is 25.0 Å². The lowest BCUT2D eigenvalue weighted by atomic mass is 9.63. The molecule has 3 aliphatic rings. The summed E-state index contributed by atoms with van der Waals surface area (Å²) < 4.78 is 0. The van der Waals surface area contributed by atoms with E-state index in [2.05, 4.69) is 12.2 Å². The molecule has 0 spiro atoms. The van der Waals surface area contributed by atoms with Gasteiger partial charge in [-0.25, -0.2) is 0 Å². The summed E-state index contributed by atoms with van der Waals surface area (Å²) in [5.41, 5.74) is 1.49. The third-order valence-corrected chi connectivity index (χ3v) is 4.84. The molecule has 0 atom stereocenters. The molecule has 0 nitrogen and oxygen atoms in total. The van der Waals surface area contributed by atoms with Crippen LogP contribution in [0.5, 0.6) is 0 Å². The van der Waals surface area contributed by atoms with Gasteiger partial charge in [-0.3, -0.25) is 0 Å². The number of rotatable bonds is 0. The molecular formula is C12H18. The van der Waals surface area contributed by atoms with Gasteiger partial charge in [0, 0.05) is 0 Å². The molecule has 0 radical (unpaired) electrons. The fourth-order valence-electron chi connectivity index (χ4n) is 4.27. The molecule has 0 unspecified atom stereocenters. The van der Waals surface area contributed by atoms with E-state index in [0.717, 1.165) is 5.41 Å². The Morgan fingerprint density at radius 2 is 1.58 bits per heavy atom. The molecule has 0 aliphatic heterocycles. The Labute approximate surface area is 75.0 Å². The highest BCUT2D eigenvalue weighted by molar-refractivity contribution is 5.19. The molecule has 0 amide bonds. The van der Waals surface area contributed by atoms with E-state index in [-0.39, 0.29) is 0 Å². The van der Waals surface area contributed by atoms with E-state index in [1.165, 1.54) is 51.4 Å². The lowest BCUT2D eigenvalue weighted by Crippen LogP contribution is -2.32. The monoisotopic (exact) mass is 162 g/mol. The largest absolute Gasteiger partial charge is 0.0879 e. The molecule has 0 aromatic carbocycles. The third kappa shape index (κ3) is 0.654. The van der Waals surface area contributed by atoms with Gasteiger partial charge < -0.3 is 0 Å². The molecule has 3 rings (SSSR count). The zero-order valence-corrected chi connectivity index (χ0v) is 7.81. The SMILES string of the molecule is C1=CC23CCCC2(CC1)CCC3. The van der Waals surface area contributed by atoms with Crippen LogP contribution >= 0.6 is 0 Å². The van der Waals surface area contributed by atoms with E-state index in [1.807, 2.05) is 0 Å². The summed E-state index contributed by atoms with van der Waals surface area (Å²) in [6.07, 6.45) is 17.0. The van der Waals surface area contributed by atoms with Crippen LogP contribution < -0.4 is 0 Å². The maximum atomic E-state index is 2.59. The van der Waals surface area contributed by atoms with Crippen molar-refractivity contribution in [3.63, 3.8) is 0 Å². The second-order valence-electron chi connectivity index (χ2n) is 5.08. The van der Waals surface area contributed by atoms with Crippen LogP contribution in [-0.4, -0.2) is 0 Å². The molecule has 0 heteroatoms. The lowest BCUT2D eigenvalue weighted by molar-refractivity contribution is 0.141. The average molecular weight is 162 g/mol. The molecule has 0 N–H and O–H groups in total. The first-order valence-electron chi connectivity index (χ1n) is 5.55. The highest BCUT2D eigenvalue weighted by Crippen LogP contribution is 2.67. The van der Waals surface area contributed by atoms with Gasteiger partial charge in [-0.2, -0.15) is 0 Å². The minimum Gasteiger partial charge on any atom is -0.0879 e. The predicted molar refractivity (Wildman–Crippen MR) is 50.9 cm³/mol. The maximum absolute atomic E-state index is 2.59. The second kappa shape index (κ2) is 2.16. The van der Waals surface area contributed by atoms with Crippen molar-refractivity contribution in [2.75, 3.05) is 0 Å². The van der Waals surface area contributed by atoms with E-state index in [9.17, 15) is 0 Å². The van der Waals surface area contributed by atoms with Gasteiger partial charge >= 0.3 is 0 Å². The second-order valence-corrected chi connectivity index (χ2v) is 5.08. The maximum Gasteiger partial charge on any atom is -0.00617 e. The van der Waals surface area contributed by atoms with E-state index in [4.69, 9.17) is 0 Å². The highest BCUT2D eigenvalue weighted by Gasteiger charge is 2.56. The fraction of sp³-hybridized carbons (Fsp3) is 0.833. The lowest BCUT2D eigenvalue weighted by Gasteiger charge is -2.41. The Bertz CT molecular complexity index is 214. The van der Waals surface area contributed by atoms with Crippen LogP contribution in [0.25, 0.3) is 0 Å². The summed E-state index contributed by atoms with van der Waals surface area (Å²) >= 11 is 0. The van der Waals surface area contributed by atoms with Crippen molar-refractivity contribution in [3.8, 4) is 0 Å². The van der Waals surface area contributed by atoms with Crippen molar-refractivity contribution in [1.82, 2.24) is 0 Å². The van der Waals surface area contributed by atoms with Crippen molar-refractivity contribution in [2.24, 2.45) is 10.8 Å². The summed E-state index contributed by atoms with van der Waals surface area (Å²) in [7, 11) is 0. The van der Waals surface area contributed by atoms with E-state index >= 15 is 0 Å². The normalized spacial score (nSPS) is 50.7. The van der Waals surface area contributed by atoms with Gasteiger partial charge in [0.05, 0.1) is 0 Å². The Balaban J connectivity index is 2.09. The number of hydrogen-bond donors (Lipinski definition) is 0. The predicted octanol–water partition coefficient (Wildman–Crippen LogP) is 3.68. The third-order valence-electron chi connectivity index (χ3n) is 4.84. The van der Waals surface area contributed by atoms with Crippen LogP contribution in [-0.2, 0) is 0 Å².